The molecule has 100 valence electrons. The first-order valence-corrected chi connectivity index (χ1v) is 6.72. The maximum Gasteiger partial charge on any atom is 0.165 e. The number of carbonyl (C=O) groups is 1. The van der Waals surface area contributed by atoms with E-state index >= 15 is 0 Å². The summed E-state index contributed by atoms with van der Waals surface area (Å²) < 4.78 is 6.06. The van der Waals surface area contributed by atoms with Crippen molar-refractivity contribution in [3.05, 3.63) is 24.8 Å². The summed E-state index contributed by atoms with van der Waals surface area (Å²) in [7, 11) is 0. The van der Waals surface area contributed by atoms with Gasteiger partial charge in [-0.15, -0.1) is 6.58 Å². The lowest BCUT2D eigenvalue weighted by Crippen LogP contribution is -2.49. The third kappa shape index (κ3) is 1.70. The molecule has 1 saturated carbocycles. The SMILES string of the molecule is C=C[C@H]1O[C@]2(C)C(=O)C[C@H](C(=C)C)C[C@@H]2C1(C)C. The normalized spacial score (nSPS) is 42.4. The molecule has 1 saturated heterocycles. The number of carbonyl (C=O) groups excluding carboxylic acids is 1. The van der Waals surface area contributed by atoms with Gasteiger partial charge >= 0.3 is 0 Å². The molecule has 2 aliphatic rings. The van der Waals surface area contributed by atoms with Gasteiger partial charge in [-0.1, -0.05) is 32.1 Å². The molecule has 0 spiro atoms. The van der Waals surface area contributed by atoms with Gasteiger partial charge in [-0.3, -0.25) is 4.79 Å². The van der Waals surface area contributed by atoms with E-state index < -0.39 is 5.60 Å². The molecular formula is C16H24O2. The molecular weight excluding hydrogens is 224 g/mol. The van der Waals surface area contributed by atoms with Crippen molar-refractivity contribution in [1.29, 1.82) is 0 Å². The van der Waals surface area contributed by atoms with Gasteiger partial charge in [0.1, 0.15) is 5.60 Å². The zero-order valence-electron chi connectivity index (χ0n) is 12.0. The molecule has 0 aromatic rings. The van der Waals surface area contributed by atoms with Crippen molar-refractivity contribution in [2.24, 2.45) is 17.3 Å². The molecule has 0 aromatic heterocycles. The number of rotatable bonds is 2. The van der Waals surface area contributed by atoms with Crippen LogP contribution in [-0.2, 0) is 9.53 Å². The molecule has 1 heterocycles. The molecule has 2 rings (SSSR count). The van der Waals surface area contributed by atoms with Crippen molar-refractivity contribution >= 4 is 5.78 Å². The monoisotopic (exact) mass is 248 g/mol. The summed E-state index contributed by atoms with van der Waals surface area (Å²) in [5, 5.41) is 0. The number of hydrogen-bond acceptors (Lipinski definition) is 2. The highest BCUT2D eigenvalue weighted by atomic mass is 16.5. The van der Waals surface area contributed by atoms with Gasteiger partial charge < -0.3 is 4.74 Å². The second kappa shape index (κ2) is 4.06. The quantitative estimate of drug-likeness (QED) is 0.699. The van der Waals surface area contributed by atoms with Gasteiger partial charge in [0, 0.05) is 17.8 Å². The highest BCUT2D eigenvalue weighted by Gasteiger charge is 2.61. The van der Waals surface area contributed by atoms with Crippen LogP contribution < -0.4 is 0 Å². The fourth-order valence-electron chi connectivity index (χ4n) is 3.72. The Hall–Kier alpha value is -0.890. The predicted octanol–water partition coefficient (Wildman–Crippen LogP) is 3.53. The highest BCUT2D eigenvalue weighted by molar-refractivity contribution is 5.89. The molecule has 1 aliphatic heterocycles. The topological polar surface area (TPSA) is 26.3 Å². The van der Waals surface area contributed by atoms with Crippen LogP contribution in [0.5, 0.6) is 0 Å². The van der Waals surface area contributed by atoms with Crippen molar-refractivity contribution in [3.8, 4) is 0 Å². The predicted molar refractivity (Wildman–Crippen MR) is 73.3 cm³/mol. The molecule has 0 aromatic carbocycles. The van der Waals surface area contributed by atoms with Crippen LogP contribution in [0, 0.1) is 17.3 Å². The van der Waals surface area contributed by atoms with Crippen LogP contribution in [0.15, 0.2) is 24.8 Å². The van der Waals surface area contributed by atoms with Gasteiger partial charge in [-0.05, 0) is 26.2 Å². The van der Waals surface area contributed by atoms with Crippen molar-refractivity contribution in [2.75, 3.05) is 0 Å². The lowest BCUT2D eigenvalue weighted by atomic mass is 9.61. The van der Waals surface area contributed by atoms with Crippen LogP contribution in [0.3, 0.4) is 0 Å². The zero-order chi connectivity index (χ0) is 13.7. The number of hydrogen-bond donors (Lipinski definition) is 0. The summed E-state index contributed by atoms with van der Waals surface area (Å²) in [6, 6.07) is 0. The number of ketones is 1. The Morgan fingerprint density at radius 1 is 1.44 bits per heavy atom. The fourth-order valence-corrected chi connectivity index (χ4v) is 3.72. The third-order valence-electron chi connectivity index (χ3n) is 5.08. The summed E-state index contributed by atoms with van der Waals surface area (Å²) in [6.45, 7) is 16.2. The molecule has 1 aliphatic carbocycles. The Kier molecular flexibility index (Phi) is 3.05. The number of Topliss-reactive ketones (excluding diaryl/α,β-unsaturated/α-hetero) is 1. The molecule has 0 amide bonds. The molecule has 0 N–H and O–H groups in total. The molecule has 0 radical (unpaired) electrons. The van der Waals surface area contributed by atoms with E-state index in [2.05, 4.69) is 27.0 Å². The molecule has 2 fully saturated rings. The third-order valence-corrected chi connectivity index (χ3v) is 5.08. The van der Waals surface area contributed by atoms with Gasteiger partial charge in [-0.25, -0.2) is 0 Å². The average molecular weight is 248 g/mol. The van der Waals surface area contributed by atoms with Crippen LogP contribution in [0.1, 0.15) is 40.5 Å². The van der Waals surface area contributed by atoms with Crippen molar-refractivity contribution in [2.45, 2.75) is 52.2 Å². The summed E-state index contributed by atoms with van der Waals surface area (Å²) in [6.07, 6.45) is 3.37. The van der Waals surface area contributed by atoms with Crippen molar-refractivity contribution in [3.63, 3.8) is 0 Å². The Balaban J connectivity index is 2.39. The van der Waals surface area contributed by atoms with E-state index in [-0.39, 0.29) is 23.2 Å². The molecule has 0 unspecified atom stereocenters. The van der Waals surface area contributed by atoms with Gasteiger partial charge in [0.25, 0.3) is 0 Å². The summed E-state index contributed by atoms with van der Waals surface area (Å²) >= 11 is 0. The Labute approximate surface area is 110 Å². The molecule has 2 nitrogen and oxygen atoms in total. The van der Waals surface area contributed by atoms with E-state index in [9.17, 15) is 4.79 Å². The second-order valence-electron chi connectivity index (χ2n) is 6.66. The van der Waals surface area contributed by atoms with Gasteiger partial charge in [0.15, 0.2) is 5.78 Å². The standard InChI is InChI=1S/C16H24O2/c1-7-14-15(4,5)12-8-11(10(2)3)9-13(17)16(12,6)18-14/h7,11-12,14H,1-2,8-9H2,3-6H3/t11-,12-,14-,16+/m1/s1. The van der Waals surface area contributed by atoms with E-state index in [0.717, 1.165) is 12.0 Å². The summed E-state index contributed by atoms with van der Waals surface area (Å²) in [4.78, 5) is 12.5. The maximum atomic E-state index is 12.5. The zero-order valence-corrected chi connectivity index (χ0v) is 12.0. The van der Waals surface area contributed by atoms with Gasteiger partial charge in [0.05, 0.1) is 6.10 Å². The van der Waals surface area contributed by atoms with E-state index in [4.69, 9.17) is 4.74 Å². The lowest BCUT2D eigenvalue weighted by Gasteiger charge is -2.41. The molecule has 18 heavy (non-hydrogen) atoms. The van der Waals surface area contributed by atoms with Gasteiger partial charge in [0.2, 0.25) is 0 Å². The van der Waals surface area contributed by atoms with Crippen molar-refractivity contribution < 1.29 is 9.53 Å². The van der Waals surface area contributed by atoms with E-state index in [0.29, 0.717) is 12.3 Å². The first-order valence-electron chi connectivity index (χ1n) is 6.72. The minimum atomic E-state index is -0.631. The first kappa shape index (κ1) is 13.5. The number of allylic oxidation sites excluding steroid dienone is 1. The van der Waals surface area contributed by atoms with Crippen LogP contribution in [0.4, 0.5) is 0 Å². The fraction of sp³-hybridized carbons (Fsp3) is 0.688. The van der Waals surface area contributed by atoms with Crippen molar-refractivity contribution in [1.82, 2.24) is 0 Å². The number of ether oxygens (including phenoxy) is 1. The molecule has 0 bridgehead atoms. The largest absolute Gasteiger partial charge is 0.359 e. The minimum Gasteiger partial charge on any atom is -0.359 e. The summed E-state index contributed by atoms with van der Waals surface area (Å²) in [5.74, 6) is 0.780. The van der Waals surface area contributed by atoms with Gasteiger partial charge in [-0.2, -0.15) is 0 Å². The van der Waals surface area contributed by atoms with Crippen LogP contribution in [-0.4, -0.2) is 17.5 Å². The Morgan fingerprint density at radius 3 is 2.56 bits per heavy atom. The second-order valence-corrected chi connectivity index (χ2v) is 6.66. The maximum absolute atomic E-state index is 12.5. The van der Waals surface area contributed by atoms with E-state index in [1.165, 1.54) is 0 Å². The lowest BCUT2D eigenvalue weighted by molar-refractivity contribution is -0.148. The molecule has 4 atom stereocenters. The Morgan fingerprint density at radius 2 is 2.06 bits per heavy atom. The first-order chi connectivity index (χ1) is 8.23. The highest BCUT2D eigenvalue weighted by Crippen LogP contribution is 2.56. The minimum absolute atomic E-state index is 0.0414. The van der Waals surface area contributed by atoms with Crippen LogP contribution in [0.25, 0.3) is 0 Å². The number of fused-ring (bicyclic) bond motifs is 1. The van der Waals surface area contributed by atoms with E-state index in [1.807, 2.05) is 19.9 Å². The van der Waals surface area contributed by atoms with Crippen LogP contribution >= 0.6 is 0 Å². The smallest absolute Gasteiger partial charge is 0.165 e. The average Bonchev–Trinajstić information content (AvgIpc) is 2.48. The van der Waals surface area contributed by atoms with E-state index in [1.54, 1.807) is 0 Å². The summed E-state index contributed by atoms with van der Waals surface area (Å²) in [5.41, 5.74) is 0.442. The molecule has 2 heteroatoms. The van der Waals surface area contributed by atoms with Crippen LogP contribution in [0.2, 0.25) is 0 Å². The Bertz CT molecular complexity index is 407.